The van der Waals surface area contributed by atoms with Gasteiger partial charge in [0.15, 0.2) is 0 Å². The molecule has 6 atom stereocenters. The molecule has 2 saturated heterocycles. The van der Waals surface area contributed by atoms with Gasteiger partial charge >= 0.3 is 0 Å². The molecule has 0 N–H and O–H groups in total. The molecule has 0 aliphatic carbocycles. The van der Waals surface area contributed by atoms with Crippen molar-refractivity contribution in [1.29, 1.82) is 0 Å². The minimum atomic E-state index is 0.0818. The third-order valence-electron chi connectivity index (χ3n) is 5.68. The fourth-order valence-electron chi connectivity index (χ4n) is 4.56. The molecule has 0 aromatic rings. The summed E-state index contributed by atoms with van der Waals surface area (Å²) in [6.45, 7) is 3.93. The summed E-state index contributed by atoms with van der Waals surface area (Å²) in [5.74, 6) is 5.91. The van der Waals surface area contributed by atoms with Crippen molar-refractivity contribution in [3.05, 3.63) is 23.0 Å². The maximum Gasteiger partial charge on any atom is 0.149 e. The van der Waals surface area contributed by atoms with Crippen molar-refractivity contribution in [1.82, 2.24) is 0 Å². The predicted molar refractivity (Wildman–Crippen MR) is 105 cm³/mol. The Kier molecular flexibility index (Phi) is 4.64. The topological polar surface area (TPSA) is 55.4 Å². The van der Waals surface area contributed by atoms with Crippen molar-refractivity contribution in [2.45, 2.75) is 33.2 Å². The van der Waals surface area contributed by atoms with Gasteiger partial charge in [-0.25, -0.2) is 0 Å². The van der Waals surface area contributed by atoms with Crippen LogP contribution in [0.4, 0.5) is 0 Å². The minimum Gasteiger partial charge on any atom is -0.490 e. The van der Waals surface area contributed by atoms with E-state index in [1.807, 2.05) is 35.3 Å². The number of hydrogen-bond donors (Lipinski definition) is 0. The summed E-state index contributed by atoms with van der Waals surface area (Å²) in [6.07, 6.45) is 0.164. The molecule has 6 heterocycles. The summed E-state index contributed by atoms with van der Waals surface area (Å²) in [4.78, 5) is 0. The van der Waals surface area contributed by atoms with Gasteiger partial charge in [-0.3, -0.25) is 0 Å². The molecule has 2 fully saturated rings. The largest absolute Gasteiger partial charge is 0.490 e. The van der Waals surface area contributed by atoms with Crippen LogP contribution in [-0.4, -0.2) is 84.4 Å². The van der Waals surface area contributed by atoms with E-state index >= 15 is 0 Å². The highest BCUT2D eigenvalue weighted by Crippen LogP contribution is 2.54. The van der Waals surface area contributed by atoms with Gasteiger partial charge in [-0.15, -0.1) is 35.3 Å². The van der Waals surface area contributed by atoms with E-state index in [9.17, 15) is 0 Å². The Morgan fingerprint density at radius 1 is 0.593 bits per heavy atom. The first kappa shape index (κ1) is 17.5. The molecule has 0 amide bonds. The van der Waals surface area contributed by atoms with Crippen molar-refractivity contribution in [2.75, 3.05) is 51.1 Å². The second-order valence-corrected chi connectivity index (χ2v) is 10.8. The SMILES string of the molecule is C1COC2=C(CSC2C2SC(C3SCC4=C3OCCO4)C3OCCOC32)O1. The molecule has 0 bridgehead atoms. The molecule has 0 saturated carbocycles. The van der Waals surface area contributed by atoms with E-state index in [1.165, 1.54) is 0 Å². The number of ether oxygens (including phenoxy) is 6. The Morgan fingerprint density at radius 3 is 1.59 bits per heavy atom. The van der Waals surface area contributed by atoms with Gasteiger partial charge in [0.1, 0.15) is 49.5 Å². The Hall–Kier alpha value is -0.350. The monoisotopic (exact) mass is 430 g/mol. The second kappa shape index (κ2) is 7.16. The van der Waals surface area contributed by atoms with Crippen LogP contribution in [0.2, 0.25) is 0 Å². The van der Waals surface area contributed by atoms with Crippen LogP contribution in [0, 0.1) is 0 Å². The molecule has 0 aromatic heterocycles. The molecule has 6 aliphatic heterocycles. The van der Waals surface area contributed by atoms with Gasteiger partial charge < -0.3 is 28.4 Å². The summed E-state index contributed by atoms with van der Waals surface area (Å²) < 4.78 is 36.2. The Balaban J connectivity index is 1.29. The van der Waals surface area contributed by atoms with Gasteiger partial charge in [0.05, 0.1) is 57.9 Å². The Bertz CT molecular complexity index is 626. The maximum absolute atomic E-state index is 6.26. The van der Waals surface area contributed by atoms with Gasteiger partial charge in [-0.05, 0) is 0 Å². The quantitative estimate of drug-likeness (QED) is 0.655. The predicted octanol–water partition coefficient (Wildman–Crippen LogP) is 2.00. The first-order chi connectivity index (χ1) is 13.4. The number of hydrogen-bond acceptors (Lipinski definition) is 9. The number of thioether (sulfide) groups is 3. The zero-order valence-electron chi connectivity index (χ0n) is 14.8. The van der Waals surface area contributed by atoms with Crippen molar-refractivity contribution in [2.24, 2.45) is 0 Å². The lowest BCUT2D eigenvalue weighted by Gasteiger charge is -2.34. The van der Waals surface area contributed by atoms with Gasteiger partial charge in [0, 0.05) is 0 Å². The molecule has 6 nitrogen and oxygen atoms in total. The van der Waals surface area contributed by atoms with E-state index in [-0.39, 0.29) is 22.7 Å². The Labute approximate surface area is 171 Å². The van der Waals surface area contributed by atoms with Crippen LogP contribution in [0.25, 0.3) is 0 Å². The second-order valence-electron chi connectivity index (χ2n) is 7.17. The van der Waals surface area contributed by atoms with Gasteiger partial charge in [-0.2, -0.15) is 0 Å². The normalized spacial score (nSPS) is 43.3. The lowest BCUT2D eigenvalue weighted by molar-refractivity contribution is -0.133. The standard InChI is InChI=1S/C18H22O6S3/c1-3-21-11-9(19-1)7-25-15(11)17-13-14(24-6-5-23-13)18(27-17)16-12-10(8-26-16)20-2-4-22-12/h13-18H,1-8H2. The van der Waals surface area contributed by atoms with Crippen molar-refractivity contribution in [3.8, 4) is 0 Å². The third kappa shape index (κ3) is 2.87. The highest BCUT2D eigenvalue weighted by atomic mass is 32.2. The van der Waals surface area contributed by atoms with E-state index in [1.54, 1.807) is 0 Å². The first-order valence-corrected chi connectivity index (χ1v) is 12.5. The van der Waals surface area contributed by atoms with Crippen molar-refractivity contribution >= 4 is 35.3 Å². The van der Waals surface area contributed by atoms with Gasteiger partial charge in [-0.1, -0.05) is 0 Å². The third-order valence-corrected chi connectivity index (χ3v) is 10.3. The summed E-state index contributed by atoms with van der Waals surface area (Å²) in [7, 11) is 0. The molecule has 148 valence electrons. The number of fused-ring (bicyclic) bond motifs is 1. The molecule has 0 aromatic carbocycles. The van der Waals surface area contributed by atoms with Crippen LogP contribution in [0.3, 0.4) is 0 Å². The van der Waals surface area contributed by atoms with E-state index in [0.29, 0.717) is 50.1 Å². The molecular formula is C18H22O6S3. The highest BCUT2D eigenvalue weighted by Gasteiger charge is 2.57. The maximum atomic E-state index is 6.26. The minimum absolute atomic E-state index is 0.0818. The van der Waals surface area contributed by atoms with Crippen LogP contribution in [0.1, 0.15) is 0 Å². The van der Waals surface area contributed by atoms with Gasteiger partial charge in [0.25, 0.3) is 0 Å². The van der Waals surface area contributed by atoms with Crippen LogP contribution in [-0.2, 0) is 28.4 Å². The van der Waals surface area contributed by atoms with E-state index in [2.05, 4.69) is 0 Å². The van der Waals surface area contributed by atoms with Crippen LogP contribution >= 0.6 is 35.3 Å². The first-order valence-electron chi connectivity index (χ1n) is 9.49. The van der Waals surface area contributed by atoms with Crippen molar-refractivity contribution in [3.63, 3.8) is 0 Å². The zero-order chi connectivity index (χ0) is 17.8. The lowest BCUT2D eigenvalue weighted by Crippen LogP contribution is -2.47. The van der Waals surface area contributed by atoms with E-state index in [4.69, 9.17) is 28.4 Å². The van der Waals surface area contributed by atoms with Crippen LogP contribution in [0.5, 0.6) is 0 Å². The summed E-state index contributed by atoms with van der Waals surface area (Å²) >= 11 is 5.82. The van der Waals surface area contributed by atoms with Crippen molar-refractivity contribution < 1.29 is 28.4 Å². The number of rotatable bonds is 2. The molecule has 0 radical (unpaired) electrons. The summed E-state index contributed by atoms with van der Waals surface area (Å²) in [5.41, 5.74) is 0. The molecular weight excluding hydrogens is 408 g/mol. The highest BCUT2D eigenvalue weighted by molar-refractivity contribution is 8.06. The van der Waals surface area contributed by atoms with Crippen LogP contribution in [0.15, 0.2) is 23.0 Å². The smallest absolute Gasteiger partial charge is 0.149 e. The molecule has 9 heteroatoms. The fraction of sp³-hybridized carbons (Fsp3) is 0.778. The summed E-state index contributed by atoms with van der Waals surface area (Å²) in [6, 6.07) is 0. The average molecular weight is 431 g/mol. The summed E-state index contributed by atoms with van der Waals surface area (Å²) in [5, 5.41) is 1.14. The van der Waals surface area contributed by atoms with E-state index in [0.717, 1.165) is 34.5 Å². The molecule has 6 rings (SSSR count). The molecule has 6 unspecified atom stereocenters. The fourth-order valence-corrected chi connectivity index (χ4v) is 9.59. The van der Waals surface area contributed by atoms with Crippen LogP contribution < -0.4 is 0 Å². The zero-order valence-corrected chi connectivity index (χ0v) is 17.2. The average Bonchev–Trinajstić information content (AvgIpc) is 3.42. The molecule has 27 heavy (non-hydrogen) atoms. The molecule has 0 spiro atoms. The van der Waals surface area contributed by atoms with Gasteiger partial charge in [0.2, 0.25) is 0 Å². The van der Waals surface area contributed by atoms with E-state index < -0.39 is 0 Å². The Morgan fingerprint density at radius 2 is 1.07 bits per heavy atom. The lowest BCUT2D eigenvalue weighted by atomic mass is 10.0. The molecule has 6 aliphatic rings.